The van der Waals surface area contributed by atoms with Crippen LogP contribution in [0.4, 0.5) is 0 Å². The molecule has 0 saturated carbocycles. The summed E-state index contributed by atoms with van der Waals surface area (Å²) in [6.45, 7) is 0. The number of benzene rings is 1. The minimum absolute atomic E-state index is 0.144. The highest BCUT2D eigenvalue weighted by Crippen LogP contribution is 2.40. The second kappa shape index (κ2) is 3.17. The molecule has 2 nitrogen and oxygen atoms in total. The first kappa shape index (κ1) is 9.10. The van der Waals surface area contributed by atoms with Gasteiger partial charge in [-0.1, -0.05) is 18.2 Å². The molecule has 15 heavy (non-hydrogen) atoms. The maximum atomic E-state index is 11.9. The van der Waals surface area contributed by atoms with Crippen molar-refractivity contribution in [1.29, 1.82) is 0 Å². The third kappa shape index (κ3) is 1.25. The summed E-state index contributed by atoms with van der Waals surface area (Å²) in [5.41, 5.74) is 9.48. The van der Waals surface area contributed by atoms with E-state index in [1.165, 1.54) is 24.0 Å². The lowest BCUT2D eigenvalue weighted by molar-refractivity contribution is 0.0939. The lowest BCUT2D eigenvalue weighted by atomic mass is 9.72. The molecular formula is C13H15NO. The molecule has 78 valence electrons. The smallest absolute Gasteiger partial charge is 0.179 e. The van der Waals surface area contributed by atoms with Gasteiger partial charge in [0, 0.05) is 5.56 Å². The molecule has 0 spiro atoms. The summed E-state index contributed by atoms with van der Waals surface area (Å²) >= 11 is 0. The van der Waals surface area contributed by atoms with Crippen LogP contribution in [0.15, 0.2) is 18.2 Å². The van der Waals surface area contributed by atoms with E-state index in [0.29, 0.717) is 5.92 Å². The molecule has 0 aliphatic heterocycles. The first-order chi connectivity index (χ1) is 7.27. The van der Waals surface area contributed by atoms with Crippen LogP contribution in [0.5, 0.6) is 0 Å². The fourth-order valence-electron chi connectivity index (χ4n) is 3.06. The highest BCUT2D eigenvalue weighted by molar-refractivity contribution is 6.02. The third-order valence-corrected chi connectivity index (χ3v) is 3.74. The number of hydrogen-bond donors (Lipinski definition) is 1. The van der Waals surface area contributed by atoms with E-state index in [4.69, 9.17) is 5.73 Å². The summed E-state index contributed by atoms with van der Waals surface area (Å²) in [5, 5.41) is 0. The van der Waals surface area contributed by atoms with Crippen LogP contribution in [0.25, 0.3) is 0 Å². The van der Waals surface area contributed by atoms with E-state index in [0.717, 1.165) is 18.4 Å². The van der Waals surface area contributed by atoms with Crippen LogP contribution in [0, 0.1) is 0 Å². The summed E-state index contributed by atoms with van der Waals surface area (Å²) in [6, 6.07) is 5.83. The van der Waals surface area contributed by atoms with E-state index in [-0.39, 0.29) is 11.8 Å². The Bertz CT molecular complexity index is 425. The maximum absolute atomic E-state index is 11.9. The standard InChI is InChI=1S/C13H15NO/c14-11-7-9-5-1-3-8-4-2-6-10(12(8)9)13(11)15/h2,4,6,9,11H,1,3,5,7,14H2. The molecule has 2 N–H and O–H groups in total. The van der Waals surface area contributed by atoms with E-state index in [9.17, 15) is 4.79 Å². The fraction of sp³-hybridized carbons (Fsp3) is 0.462. The van der Waals surface area contributed by atoms with Gasteiger partial charge in [0.1, 0.15) is 0 Å². The molecule has 0 bridgehead atoms. The predicted molar refractivity (Wildman–Crippen MR) is 59.0 cm³/mol. The zero-order valence-corrected chi connectivity index (χ0v) is 8.70. The van der Waals surface area contributed by atoms with Crippen LogP contribution >= 0.6 is 0 Å². The normalized spacial score (nSPS) is 28.7. The molecule has 0 saturated heterocycles. The number of ketones is 1. The van der Waals surface area contributed by atoms with E-state index in [1.54, 1.807) is 0 Å². The molecule has 0 amide bonds. The minimum Gasteiger partial charge on any atom is -0.321 e. The van der Waals surface area contributed by atoms with Gasteiger partial charge in [-0.3, -0.25) is 4.79 Å². The molecule has 2 aliphatic rings. The molecule has 0 fully saturated rings. The monoisotopic (exact) mass is 201 g/mol. The van der Waals surface area contributed by atoms with Gasteiger partial charge in [0.05, 0.1) is 6.04 Å². The third-order valence-electron chi connectivity index (χ3n) is 3.74. The Balaban J connectivity index is 2.22. The van der Waals surface area contributed by atoms with Crippen molar-refractivity contribution < 1.29 is 4.79 Å². The molecule has 2 atom stereocenters. The summed E-state index contributed by atoms with van der Waals surface area (Å²) in [7, 11) is 0. The van der Waals surface area contributed by atoms with Gasteiger partial charge in [0.25, 0.3) is 0 Å². The van der Waals surface area contributed by atoms with Crippen molar-refractivity contribution in [2.45, 2.75) is 37.6 Å². The number of carbonyl (C=O) groups excluding carboxylic acids is 1. The van der Waals surface area contributed by atoms with Crippen molar-refractivity contribution in [3.8, 4) is 0 Å². The molecule has 2 heteroatoms. The zero-order chi connectivity index (χ0) is 10.4. The fourth-order valence-corrected chi connectivity index (χ4v) is 3.06. The second-order valence-electron chi connectivity index (χ2n) is 4.67. The quantitative estimate of drug-likeness (QED) is 0.697. The summed E-state index contributed by atoms with van der Waals surface area (Å²) in [4.78, 5) is 11.9. The van der Waals surface area contributed by atoms with Crippen molar-refractivity contribution in [2.24, 2.45) is 5.73 Å². The van der Waals surface area contributed by atoms with Crippen LogP contribution < -0.4 is 5.73 Å². The molecule has 2 unspecified atom stereocenters. The van der Waals surface area contributed by atoms with Gasteiger partial charge in [0.15, 0.2) is 5.78 Å². The van der Waals surface area contributed by atoms with Crippen LogP contribution in [-0.2, 0) is 6.42 Å². The number of carbonyl (C=O) groups is 1. The van der Waals surface area contributed by atoms with Gasteiger partial charge < -0.3 is 5.73 Å². The first-order valence-corrected chi connectivity index (χ1v) is 5.69. The summed E-state index contributed by atoms with van der Waals surface area (Å²) in [6.07, 6.45) is 4.41. The van der Waals surface area contributed by atoms with Crippen molar-refractivity contribution in [3.63, 3.8) is 0 Å². The van der Waals surface area contributed by atoms with E-state index >= 15 is 0 Å². The summed E-state index contributed by atoms with van der Waals surface area (Å²) in [5.74, 6) is 0.683. The highest BCUT2D eigenvalue weighted by Gasteiger charge is 2.34. The van der Waals surface area contributed by atoms with Gasteiger partial charge in [-0.2, -0.15) is 0 Å². The molecule has 2 aliphatic carbocycles. The van der Waals surface area contributed by atoms with E-state index in [1.807, 2.05) is 12.1 Å². The average molecular weight is 201 g/mol. The Kier molecular flexibility index (Phi) is 1.93. The number of rotatable bonds is 0. The van der Waals surface area contributed by atoms with Crippen molar-refractivity contribution in [3.05, 3.63) is 34.9 Å². The topological polar surface area (TPSA) is 43.1 Å². The van der Waals surface area contributed by atoms with Crippen LogP contribution in [0.1, 0.15) is 46.7 Å². The Morgan fingerprint density at radius 3 is 3.07 bits per heavy atom. The maximum Gasteiger partial charge on any atom is 0.179 e. The molecule has 3 rings (SSSR count). The Hall–Kier alpha value is -1.15. The van der Waals surface area contributed by atoms with Crippen LogP contribution in [-0.4, -0.2) is 11.8 Å². The number of hydrogen-bond acceptors (Lipinski definition) is 2. The predicted octanol–water partition coefficient (Wildman–Crippen LogP) is 2.02. The first-order valence-electron chi connectivity index (χ1n) is 5.69. The number of Topliss-reactive ketones (excluding diaryl/α,β-unsaturated/α-hetero) is 1. The van der Waals surface area contributed by atoms with E-state index < -0.39 is 0 Å². The lowest BCUT2D eigenvalue weighted by Crippen LogP contribution is -2.38. The van der Waals surface area contributed by atoms with Gasteiger partial charge in [-0.25, -0.2) is 0 Å². The van der Waals surface area contributed by atoms with Crippen molar-refractivity contribution in [2.75, 3.05) is 0 Å². The molecular weight excluding hydrogens is 186 g/mol. The Morgan fingerprint density at radius 2 is 2.20 bits per heavy atom. The molecule has 1 aromatic carbocycles. The minimum atomic E-state index is -0.268. The number of aryl methyl sites for hydroxylation is 1. The SMILES string of the molecule is NC1CC2CCCc3cccc(c32)C1=O. The average Bonchev–Trinajstić information content (AvgIpc) is 2.26. The van der Waals surface area contributed by atoms with Crippen molar-refractivity contribution in [1.82, 2.24) is 0 Å². The van der Waals surface area contributed by atoms with E-state index in [2.05, 4.69) is 6.07 Å². The van der Waals surface area contributed by atoms with Gasteiger partial charge in [0.2, 0.25) is 0 Å². The highest BCUT2D eigenvalue weighted by atomic mass is 16.1. The lowest BCUT2D eigenvalue weighted by Gasteiger charge is -2.33. The molecule has 1 aromatic rings. The van der Waals surface area contributed by atoms with Crippen LogP contribution in [0.3, 0.4) is 0 Å². The summed E-state index contributed by atoms with van der Waals surface area (Å²) < 4.78 is 0. The number of nitrogens with two attached hydrogens (primary N) is 1. The van der Waals surface area contributed by atoms with Gasteiger partial charge in [-0.15, -0.1) is 0 Å². The second-order valence-corrected chi connectivity index (χ2v) is 4.67. The van der Waals surface area contributed by atoms with Gasteiger partial charge >= 0.3 is 0 Å². The largest absolute Gasteiger partial charge is 0.321 e. The molecule has 0 aromatic heterocycles. The van der Waals surface area contributed by atoms with Crippen molar-refractivity contribution >= 4 is 5.78 Å². The van der Waals surface area contributed by atoms with Crippen LogP contribution in [0.2, 0.25) is 0 Å². The zero-order valence-electron chi connectivity index (χ0n) is 8.70. The molecule has 0 heterocycles. The van der Waals surface area contributed by atoms with Gasteiger partial charge in [-0.05, 0) is 42.7 Å². The Labute approximate surface area is 89.5 Å². The Morgan fingerprint density at radius 1 is 1.33 bits per heavy atom. The molecule has 0 radical (unpaired) electrons.